The van der Waals surface area contributed by atoms with E-state index < -0.39 is 29.7 Å². The van der Waals surface area contributed by atoms with Gasteiger partial charge in [0.15, 0.2) is 5.65 Å². The van der Waals surface area contributed by atoms with Crippen LogP contribution in [-0.2, 0) is 27.5 Å². The first-order chi connectivity index (χ1) is 28.1. The number of aromatic nitrogens is 4. The first-order valence-corrected chi connectivity index (χ1v) is 19.8. The molecule has 7 aliphatic rings. The van der Waals surface area contributed by atoms with Crippen LogP contribution in [0.1, 0.15) is 82.8 Å². The molecule has 12 rings (SSSR count). The summed E-state index contributed by atoms with van der Waals surface area (Å²) in [5.41, 5.74) is 10.6. The number of piperidine rings is 2. The Labute approximate surface area is 332 Å². The minimum absolute atomic E-state index is 0.0280. The fourth-order valence-corrected chi connectivity index (χ4v) is 10.5. The summed E-state index contributed by atoms with van der Waals surface area (Å²) in [6.07, 6.45) is 5.92. The molecule has 15 nitrogen and oxygen atoms in total. The molecule has 6 heterocycles. The number of nitrogen functional groups attached to an aromatic ring is 1. The maximum Gasteiger partial charge on any atom is 0.262 e. The predicted octanol–water partition coefficient (Wildman–Crippen LogP) is 4.37. The molecule has 3 N–H and O–H groups in total. The maximum absolute atomic E-state index is 14.0. The van der Waals surface area contributed by atoms with Gasteiger partial charge in [0.05, 0.1) is 28.0 Å². The van der Waals surface area contributed by atoms with Crippen molar-refractivity contribution in [1.29, 1.82) is 0 Å². The summed E-state index contributed by atoms with van der Waals surface area (Å²) < 4.78 is 8.02. The molecule has 4 aliphatic heterocycles. The molecule has 1 atom stereocenters. The van der Waals surface area contributed by atoms with E-state index in [1.165, 1.54) is 6.33 Å². The van der Waals surface area contributed by atoms with E-state index in [0.717, 1.165) is 95.0 Å². The Morgan fingerprint density at radius 3 is 2.14 bits per heavy atom. The van der Waals surface area contributed by atoms with Gasteiger partial charge in [0.1, 0.15) is 35.4 Å². The molecule has 5 fully saturated rings. The Morgan fingerprint density at radius 1 is 0.828 bits per heavy atom. The lowest BCUT2D eigenvalue weighted by Gasteiger charge is -2.73. The number of ether oxygens (including phenoxy) is 1. The van der Waals surface area contributed by atoms with Gasteiger partial charge in [-0.15, -0.1) is 0 Å². The Bertz CT molecular complexity index is 2550. The van der Waals surface area contributed by atoms with Gasteiger partial charge in [0.2, 0.25) is 17.7 Å². The number of nitrogens with zero attached hydrogens (tertiary/aromatic N) is 7. The molecule has 2 saturated heterocycles. The van der Waals surface area contributed by atoms with Crippen LogP contribution in [0.25, 0.3) is 22.3 Å². The molecule has 15 heteroatoms. The number of hydrogen-bond donors (Lipinski definition) is 2. The molecule has 2 aromatic heterocycles. The van der Waals surface area contributed by atoms with Crippen LogP contribution in [0, 0.1) is 5.41 Å². The fourth-order valence-electron chi connectivity index (χ4n) is 10.5. The van der Waals surface area contributed by atoms with Gasteiger partial charge >= 0.3 is 0 Å². The summed E-state index contributed by atoms with van der Waals surface area (Å²) in [5, 5.41) is 8.07. The van der Waals surface area contributed by atoms with E-state index in [1.54, 1.807) is 12.1 Å². The normalized spacial score (nSPS) is 25.3. The lowest BCUT2D eigenvalue weighted by molar-refractivity contribution is -0.230. The average molecular weight is 778 g/mol. The number of nitrogens with one attached hydrogen (secondary N) is 1. The minimum atomic E-state index is -1.01. The van der Waals surface area contributed by atoms with E-state index in [2.05, 4.69) is 20.2 Å². The highest BCUT2D eigenvalue weighted by molar-refractivity contribution is 6.23. The van der Waals surface area contributed by atoms with Crippen LogP contribution < -0.4 is 15.8 Å². The van der Waals surface area contributed by atoms with Crippen molar-refractivity contribution in [3.8, 4) is 22.8 Å². The van der Waals surface area contributed by atoms with Gasteiger partial charge in [0, 0.05) is 43.7 Å². The predicted molar refractivity (Wildman–Crippen MR) is 208 cm³/mol. The fraction of sp³-hybridized carbons (Fsp3) is 0.349. The molecular formula is C43H39N9O6. The van der Waals surface area contributed by atoms with Gasteiger partial charge in [-0.05, 0) is 98.2 Å². The Morgan fingerprint density at radius 2 is 1.48 bits per heavy atom. The second kappa shape index (κ2) is 12.5. The van der Waals surface area contributed by atoms with E-state index in [-0.39, 0.29) is 46.9 Å². The molecule has 2 bridgehead atoms. The molecule has 0 radical (unpaired) electrons. The number of likely N-dealkylation sites (tertiary alicyclic amines) is 1. The van der Waals surface area contributed by atoms with Crippen LogP contribution in [0.15, 0.2) is 73.1 Å². The van der Waals surface area contributed by atoms with Crippen molar-refractivity contribution in [1.82, 2.24) is 39.8 Å². The quantitative estimate of drug-likeness (QED) is 0.224. The van der Waals surface area contributed by atoms with E-state index in [4.69, 9.17) is 15.6 Å². The smallest absolute Gasteiger partial charge is 0.262 e. The highest BCUT2D eigenvalue weighted by Crippen LogP contribution is 2.71. The van der Waals surface area contributed by atoms with Crippen LogP contribution in [0.4, 0.5) is 5.82 Å². The number of imide groups is 2. The summed E-state index contributed by atoms with van der Waals surface area (Å²) in [6.45, 7) is 2.52. The number of para-hydroxylation sites is 1. The highest BCUT2D eigenvalue weighted by Gasteiger charge is 2.74. The second-order valence-electron chi connectivity index (χ2n) is 16.7. The average Bonchev–Trinajstić information content (AvgIpc) is 3.87. The number of benzene rings is 3. The summed E-state index contributed by atoms with van der Waals surface area (Å²) in [4.78, 5) is 79.3. The molecular weight excluding hydrogens is 739 g/mol. The number of carbonyl (C=O) groups excluding carboxylic acids is 5. The third-order valence-corrected chi connectivity index (χ3v) is 13.3. The van der Waals surface area contributed by atoms with Crippen LogP contribution in [0.5, 0.6) is 11.5 Å². The molecule has 58 heavy (non-hydrogen) atoms. The highest BCUT2D eigenvalue weighted by atomic mass is 16.5. The number of amides is 5. The number of fused-ring (bicyclic) bond motifs is 3. The van der Waals surface area contributed by atoms with E-state index in [0.29, 0.717) is 18.9 Å². The largest absolute Gasteiger partial charge is 0.457 e. The van der Waals surface area contributed by atoms with Crippen molar-refractivity contribution in [2.45, 2.75) is 75.7 Å². The van der Waals surface area contributed by atoms with Crippen LogP contribution in [-0.4, -0.2) is 88.7 Å². The molecule has 3 saturated carbocycles. The summed E-state index contributed by atoms with van der Waals surface area (Å²) in [5.74, 6) is -0.111. The maximum atomic E-state index is 14.0. The number of rotatable bonds is 7. The molecule has 5 aromatic rings. The van der Waals surface area contributed by atoms with E-state index in [1.807, 2.05) is 64.2 Å². The Kier molecular flexibility index (Phi) is 7.49. The van der Waals surface area contributed by atoms with Gasteiger partial charge < -0.3 is 15.4 Å². The molecule has 5 amide bonds. The lowest BCUT2D eigenvalue weighted by atomic mass is 9.38. The summed E-state index contributed by atoms with van der Waals surface area (Å²) in [7, 11) is 0. The van der Waals surface area contributed by atoms with Crippen molar-refractivity contribution in [3.63, 3.8) is 0 Å². The van der Waals surface area contributed by atoms with Crippen molar-refractivity contribution in [2.24, 2.45) is 5.41 Å². The van der Waals surface area contributed by atoms with Gasteiger partial charge in [0.25, 0.3) is 11.8 Å². The van der Waals surface area contributed by atoms with Crippen LogP contribution in [0.3, 0.4) is 0 Å². The zero-order valence-corrected chi connectivity index (χ0v) is 31.5. The second-order valence-corrected chi connectivity index (χ2v) is 16.7. The molecule has 3 aliphatic carbocycles. The topological polar surface area (TPSA) is 186 Å². The number of carbonyl (C=O) groups is 5. The first kappa shape index (κ1) is 34.7. The van der Waals surface area contributed by atoms with Gasteiger partial charge in [-0.2, -0.15) is 5.10 Å². The van der Waals surface area contributed by atoms with Gasteiger partial charge in [-0.3, -0.25) is 39.1 Å². The molecule has 1 unspecified atom stereocenters. The van der Waals surface area contributed by atoms with E-state index >= 15 is 0 Å². The van der Waals surface area contributed by atoms with Crippen molar-refractivity contribution < 1.29 is 28.7 Å². The number of nitrogens with two attached hydrogens (primary N) is 1. The first-order valence-electron chi connectivity index (χ1n) is 19.8. The standard InChI is InChI=1S/C43H39N9O6/c44-36-34-35(24-6-8-29(9-7-24)58-28-4-2-1-3-5-28)48-52(37(34)46-23-45-36)27-12-14-50(15-13-27)43-20-42(21-43,22-43)41(57)49-18-25-16-30-31(17-26(25)19-49)40(56)51(39(30)55)32-10-11-33(53)47-38(32)54/h1-9,16-17,23,27,32H,10-15,18-22H2,(H2,44,45,46)(H,47,53,54). The van der Waals surface area contributed by atoms with Crippen molar-refractivity contribution in [2.75, 3.05) is 18.8 Å². The van der Waals surface area contributed by atoms with Crippen LogP contribution >= 0.6 is 0 Å². The molecule has 292 valence electrons. The minimum Gasteiger partial charge on any atom is -0.457 e. The zero-order valence-electron chi connectivity index (χ0n) is 31.5. The SMILES string of the molecule is Nc1ncnc2c1c(-c1ccc(Oc3ccccc3)cc1)nn2C1CCN(C23CC(C(=O)N4Cc5cc6c(cc5C4)C(=O)N(C4CCC(=O)NC4=O)C6=O)(C2)C3)CC1. The molecule has 3 aromatic carbocycles. The monoisotopic (exact) mass is 777 g/mol. The third kappa shape index (κ3) is 5.15. The van der Waals surface area contributed by atoms with Gasteiger partial charge in [-0.25, -0.2) is 14.6 Å². The van der Waals surface area contributed by atoms with Crippen LogP contribution in [0.2, 0.25) is 0 Å². The van der Waals surface area contributed by atoms with Crippen molar-refractivity contribution in [3.05, 3.63) is 95.3 Å². The summed E-state index contributed by atoms with van der Waals surface area (Å²) in [6, 6.07) is 20.0. The lowest BCUT2D eigenvalue weighted by Crippen LogP contribution is -2.78. The van der Waals surface area contributed by atoms with E-state index in [9.17, 15) is 24.0 Å². The number of anilines is 1. The van der Waals surface area contributed by atoms with Crippen molar-refractivity contribution >= 4 is 46.4 Å². The zero-order chi connectivity index (χ0) is 39.5. The molecule has 0 spiro atoms. The third-order valence-electron chi connectivity index (χ3n) is 13.3. The Balaban J connectivity index is 0.734. The number of hydrogen-bond acceptors (Lipinski definition) is 11. The van der Waals surface area contributed by atoms with Gasteiger partial charge in [-0.1, -0.05) is 18.2 Å². The summed E-state index contributed by atoms with van der Waals surface area (Å²) >= 11 is 0. The Hall–Kier alpha value is -6.48.